The Bertz CT molecular complexity index is 526. The lowest BCUT2D eigenvalue weighted by Gasteiger charge is -2.13. The average molecular weight is 261 g/mol. The van der Waals surface area contributed by atoms with E-state index in [4.69, 9.17) is 5.73 Å². The fourth-order valence-corrected chi connectivity index (χ4v) is 2.33. The summed E-state index contributed by atoms with van der Waals surface area (Å²) in [4.78, 5) is 4.39. The molecule has 0 bridgehead atoms. The van der Waals surface area contributed by atoms with Gasteiger partial charge in [0.1, 0.15) is 5.82 Å². The first kappa shape index (κ1) is 13.8. The smallest absolute Gasteiger partial charge is 0.110 e. The first-order valence-electron chi connectivity index (χ1n) is 7.01. The molecule has 104 valence electrons. The molecule has 0 radical (unpaired) electrons. The number of aryl methyl sites for hydroxylation is 3. The highest BCUT2D eigenvalue weighted by Gasteiger charge is 2.16. The van der Waals surface area contributed by atoms with E-state index in [9.17, 15) is 0 Å². The molecule has 19 heavy (non-hydrogen) atoms. The zero-order valence-electron chi connectivity index (χ0n) is 12.0. The van der Waals surface area contributed by atoms with Crippen molar-refractivity contribution < 1.29 is 0 Å². The molecular weight excluding hydrogens is 238 g/mol. The van der Waals surface area contributed by atoms with E-state index in [2.05, 4.69) is 41.5 Å². The largest absolute Gasteiger partial charge is 0.335 e. The van der Waals surface area contributed by atoms with Crippen molar-refractivity contribution in [2.24, 2.45) is 5.73 Å². The van der Waals surface area contributed by atoms with Gasteiger partial charge in [-0.25, -0.2) is 4.98 Å². The monoisotopic (exact) mass is 261 g/mol. The molecule has 0 saturated carbocycles. The number of nitrogens with zero attached hydrogens (tertiary/aromatic N) is 4. The molecule has 2 aromatic rings. The summed E-state index contributed by atoms with van der Waals surface area (Å²) in [5.74, 6) is 1.04. The van der Waals surface area contributed by atoms with Gasteiger partial charge in [-0.1, -0.05) is 6.92 Å². The predicted octanol–water partition coefficient (Wildman–Crippen LogP) is 1.92. The van der Waals surface area contributed by atoms with Crippen molar-refractivity contribution in [3.8, 4) is 0 Å². The Hall–Kier alpha value is -1.62. The molecule has 2 N–H and O–H groups in total. The van der Waals surface area contributed by atoms with Crippen molar-refractivity contribution in [3.05, 3.63) is 35.7 Å². The molecule has 0 aromatic carbocycles. The molecular formula is C14H23N5. The minimum atomic E-state index is -0.0551. The van der Waals surface area contributed by atoms with Crippen LogP contribution in [0.1, 0.15) is 44.0 Å². The fourth-order valence-electron chi connectivity index (χ4n) is 2.33. The summed E-state index contributed by atoms with van der Waals surface area (Å²) in [5.41, 5.74) is 8.54. The quantitative estimate of drug-likeness (QED) is 0.864. The van der Waals surface area contributed by atoms with Crippen LogP contribution >= 0.6 is 0 Å². The van der Waals surface area contributed by atoms with Gasteiger partial charge in [0.05, 0.1) is 17.4 Å². The average Bonchev–Trinajstić information content (AvgIpc) is 3.03. The molecule has 0 aliphatic rings. The van der Waals surface area contributed by atoms with Crippen molar-refractivity contribution in [2.45, 2.75) is 52.7 Å². The van der Waals surface area contributed by atoms with Gasteiger partial charge in [-0.3, -0.25) is 4.68 Å². The van der Waals surface area contributed by atoms with Crippen molar-refractivity contribution in [3.63, 3.8) is 0 Å². The standard InChI is InChI=1S/C14H23N5/c1-4-11-9-13(19(6-3)17-11)12(15)10-14-16-7-8-18(14)5-2/h7-9,12H,4-6,10,15H2,1-3H3. The maximum absolute atomic E-state index is 6.34. The van der Waals surface area contributed by atoms with Crippen LogP contribution in [0.25, 0.3) is 0 Å². The summed E-state index contributed by atoms with van der Waals surface area (Å²) in [6.07, 6.45) is 5.52. The molecule has 0 aliphatic carbocycles. The topological polar surface area (TPSA) is 61.7 Å². The van der Waals surface area contributed by atoms with Gasteiger partial charge >= 0.3 is 0 Å². The van der Waals surface area contributed by atoms with Gasteiger partial charge in [0.25, 0.3) is 0 Å². The molecule has 1 atom stereocenters. The van der Waals surface area contributed by atoms with Gasteiger partial charge in [-0.2, -0.15) is 5.10 Å². The predicted molar refractivity (Wildman–Crippen MR) is 75.8 cm³/mol. The van der Waals surface area contributed by atoms with E-state index in [0.29, 0.717) is 0 Å². The number of nitrogens with two attached hydrogens (primary N) is 1. The summed E-state index contributed by atoms with van der Waals surface area (Å²) in [6, 6.07) is 2.06. The summed E-state index contributed by atoms with van der Waals surface area (Å²) < 4.78 is 4.13. The van der Waals surface area contributed by atoms with Crippen LogP contribution in [-0.4, -0.2) is 19.3 Å². The number of aromatic nitrogens is 4. The molecule has 0 amide bonds. The van der Waals surface area contributed by atoms with E-state index < -0.39 is 0 Å². The Morgan fingerprint density at radius 1 is 1.26 bits per heavy atom. The lowest BCUT2D eigenvalue weighted by molar-refractivity contribution is 0.547. The molecule has 2 aromatic heterocycles. The van der Waals surface area contributed by atoms with Gasteiger partial charge in [0.2, 0.25) is 0 Å². The van der Waals surface area contributed by atoms with E-state index in [-0.39, 0.29) is 6.04 Å². The Labute approximate surface area is 114 Å². The van der Waals surface area contributed by atoms with Crippen LogP contribution in [0.5, 0.6) is 0 Å². The number of rotatable bonds is 6. The summed E-state index contributed by atoms with van der Waals surface area (Å²) in [5, 5.41) is 4.55. The van der Waals surface area contributed by atoms with Crippen LogP contribution in [0.4, 0.5) is 0 Å². The summed E-state index contributed by atoms with van der Waals surface area (Å²) in [6.45, 7) is 8.10. The van der Waals surface area contributed by atoms with Gasteiger partial charge in [-0.15, -0.1) is 0 Å². The van der Waals surface area contributed by atoms with Gasteiger partial charge in [-0.05, 0) is 26.3 Å². The SMILES string of the molecule is CCc1cc(C(N)Cc2nccn2CC)n(CC)n1. The molecule has 2 heterocycles. The van der Waals surface area contributed by atoms with Crippen LogP contribution in [0.2, 0.25) is 0 Å². The Morgan fingerprint density at radius 2 is 2.05 bits per heavy atom. The third-order valence-corrected chi connectivity index (χ3v) is 3.45. The summed E-state index contributed by atoms with van der Waals surface area (Å²) in [7, 11) is 0. The van der Waals surface area contributed by atoms with Crippen molar-refractivity contribution in [2.75, 3.05) is 0 Å². The van der Waals surface area contributed by atoms with E-state index in [1.807, 2.05) is 17.1 Å². The minimum Gasteiger partial charge on any atom is -0.335 e. The molecule has 2 rings (SSSR count). The first-order valence-corrected chi connectivity index (χ1v) is 7.01. The molecule has 5 heteroatoms. The van der Waals surface area contributed by atoms with E-state index in [1.54, 1.807) is 0 Å². The zero-order chi connectivity index (χ0) is 13.8. The number of hydrogen-bond acceptors (Lipinski definition) is 3. The highest BCUT2D eigenvalue weighted by Crippen LogP contribution is 2.17. The molecule has 5 nitrogen and oxygen atoms in total. The number of hydrogen-bond donors (Lipinski definition) is 1. The number of imidazole rings is 1. The molecule has 0 aliphatic heterocycles. The highest BCUT2D eigenvalue weighted by molar-refractivity contribution is 5.16. The highest BCUT2D eigenvalue weighted by atomic mass is 15.3. The third-order valence-electron chi connectivity index (χ3n) is 3.45. The van der Waals surface area contributed by atoms with Crippen molar-refractivity contribution in [1.82, 2.24) is 19.3 Å². The van der Waals surface area contributed by atoms with Gasteiger partial charge < -0.3 is 10.3 Å². The fraction of sp³-hybridized carbons (Fsp3) is 0.571. The second-order valence-electron chi connectivity index (χ2n) is 4.67. The van der Waals surface area contributed by atoms with E-state index >= 15 is 0 Å². The summed E-state index contributed by atoms with van der Waals surface area (Å²) >= 11 is 0. The van der Waals surface area contributed by atoms with Crippen LogP contribution in [0.15, 0.2) is 18.5 Å². The normalized spacial score (nSPS) is 12.8. The second-order valence-corrected chi connectivity index (χ2v) is 4.67. The zero-order valence-corrected chi connectivity index (χ0v) is 12.0. The maximum Gasteiger partial charge on any atom is 0.110 e. The second kappa shape index (κ2) is 6.02. The van der Waals surface area contributed by atoms with E-state index in [0.717, 1.165) is 43.1 Å². The van der Waals surface area contributed by atoms with Crippen LogP contribution in [-0.2, 0) is 25.9 Å². The third kappa shape index (κ3) is 2.87. The Kier molecular flexibility index (Phi) is 4.37. The van der Waals surface area contributed by atoms with Gasteiger partial charge in [0.15, 0.2) is 0 Å². The van der Waals surface area contributed by atoms with E-state index in [1.165, 1.54) is 0 Å². The minimum absolute atomic E-state index is 0.0551. The maximum atomic E-state index is 6.34. The van der Waals surface area contributed by atoms with Crippen LogP contribution < -0.4 is 5.73 Å². The molecule has 1 unspecified atom stereocenters. The van der Waals surface area contributed by atoms with Crippen molar-refractivity contribution >= 4 is 0 Å². The van der Waals surface area contributed by atoms with Crippen LogP contribution in [0.3, 0.4) is 0 Å². The Balaban J connectivity index is 2.19. The first-order chi connectivity index (χ1) is 9.19. The van der Waals surface area contributed by atoms with Crippen LogP contribution in [0, 0.1) is 0 Å². The lowest BCUT2D eigenvalue weighted by atomic mass is 10.1. The lowest BCUT2D eigenvalue weighted by Crippen LogP contribution is -2.20. The molecule has 0 spiro atoms. The molecule has 0 saturated heterocycles. The molecule has 0 fully saturated rings. The van der Waals surface area contributed by atoms with Gasteiger partial charge in [0, 0.05) is 31.9 Å². The van der Waals surface area contributed by atoms with Crippen molar-refractivity contribution in [1.29, 1.82) is 0 Å². The Morgan fingerprint density at radius 3 is 2.68 bits per heavy atom.